The van der Waals surface area contributed by atoms with E-state index in [1.807, 2.05) is 0 Å². The number of rotatable bonds is 9. The van der Waals surface area contributed by atoms with Crippen LogP contribution in [-0.4, -0.2) is 65.1 Å². The normalized spacial score (nSPS) is 18.3. The molecule has 2 rings (SSSR count). The molecule has 1 aromatic rings. The molecular formula is C20H23ClF2N2O6. The Balaban J connectivity index is 2.22. The molecule has 0 saturated carbocycles. The molecule has 1 aliphatic heterocycles. The van der Waals surface area contributed by atoms with Crippen molar-refractivity contribution in [3.05, 3.63) is 28.8 Å². The summed E-state index contributed by atoms with van der Waals surface area (Å²) in [5, 5.41) is 10.8. The topological polar surface area (TPSA) is 113 Å². The number of aliphatic carboxylic acids is 1. The lowest BCUT2D eigenvalue weighted by molar-refractivity contribution is -0.158. The summed E-state index contributed by atoms with van der Waals surface area (Å²) >= 11 is 6.14. The summed E-state index contributed by atoms with van der Waals surface area (Å²) in [7, 11) is 0. The second-order valence-electron chi connectivity index (χ2n) is 7.74. The number of carbonyl (C=O) groups excluding carboxylic acids is 3. The molecule has 1 aromatic carbocycles. The SMILES string of the molecule is CC1(C)CC(=O)C(C(=O)NCC(=O)O)C(=O)N1Cc1ccc(OC(CF)CF)c(Cl)c1. The minimum absolute atomic E-state index is 0.00251. The Hall–Kier alpha value is -2.75. The van der Waals surface area contributed by atoms with E-state index in [4.69, 9.17) is 21.4 Å². The van der Waals surface area contributed by atoms with Crippen LogP contribution in [0.25, 0.3) is 0 Å². The van der Waals surface area contributed by atoms with Crippen molar-refractivity contribution in [1.29, 1.82) is 0 Å². The summed E-state index contributed by atoms with van der Waals surface area (Å²) in [6.45, 7) is 0.572. The van der Waals surface area contributed by atoms with Crippen LogP contribution in [0.1, 0.15) is 25.8 Å². The zero-order valence-electron chi connectivity index (χ0n) is 17.0. The van der Waals surface area contributed by atoms with Gasteiger partial charge in [-0.15, -0.1) is 0 Å². The Bertz CT molecular complexity index is 875. The third-order valence-electron chi connectivity index (χ3n) is 4.82. The number of halogens is 3. The van der Waals surface area contributed by atoms with Crippen LogP contribution in [-0.2, 0) is 25.7 Å². The number of hydrogen-bond acceptors (Lipinski definition) is 5. The van der Waals surface area contributed by atoms with Crippen LogP contribution in [0.2, 0.25) is 5.02 Å². The molecule has 1 unspecified atom stereocenters. The molecule has 1 fully saturated rings. The van der Waals surface area contributed by atoms with E-state index in [0.29, 0.717) is 5.56 Å². The summed E-state index contributed by atoms with van der Waals surface area (Å²) in [6, 6.07) is 4.43. The molecule has 0 radical (unpaired) electrons. The molecule has 8 nitrogen and oxygen atoms in total. The quantitative estimate of drug-likeness (QED) is 0.544. The Kier molecular flexibility index (Phi) is 7.94. The van der Waals surface area contributed by atoms with Gasteiger partial charge in [0.25, 0.3) is 0 Å². The smallest absolute Gasteiger partial charge is 0.322 e. The molecule has 170 valence electrons. The molecule has 0 aromatic heterocycles. The molecule has 0 aliphatic carbocycles. The molecule has 2 amide bonds. The summed E-state index contributed by atoms with van der Waals surface area (Å²) in [4.78, 5) is 49.6. The van der Waals surface area contributed by atoms with Gasteiger partial charge in [-0.2, -0.15) is 0 Å². The number of piperidine rings is 1. The molecule has 1 aliphatic rings. The molecule has 11 heteroatoms. The number of amides is 2. The first kappa shape index (κ1) is 24.5. The summed E-state index contributed by atoms with van der Waals surface area (Å²) < 4.78 is 30.5. The number of alkyl halides is 2. The van der Waals surface area contributed by atoms with Gasteiger partial charge in [0, 0.05) is 18.5 Å². The highest BCUT2D eigenvalue weighted by molar-refractivity contribution is 6.32. The molecule has 1 heterocycles. The van der Waals surface area contributed by atoms with Gasteiger partial charge < -0.3 is 20.1 Å². The van der Waals surface area contributed by atoms with Gasteiger partial charge in [-0.05, 0) is 31.5 Å². The van der Waals surface area contributed by atoms with Crippen molar-refractivity contribution >= 4 is 35.2 Å². The number of carbonyl (C=O) groups is 4. The average molecular weight is 461 g/mol. The number of hydrogen-bond donors (Lipinski definition) is 2. The molecule has 1 saturated heterocycles. The first-order valence-corrected chi connectivity index (χ1v) is 9.78. The largest absolute Gasteiger partial charge is 0.483 e. The van der Waals surface area contributed by atoms with Crippen LogP contribution >= 0.6 is 11.6 Å². The third kappa shape index (κ3) is 5.90. The van der Waals surface area contributed by atoms with E-state index < -0.39 is 61.0 Å². The van der Waals surface area contributed by atoms with E-state index in [1.54, 1.807) is 19.9 Å². The maximum absolute atomic E-state index is 13.0. The lowest BCUT2D eigenvalue weighted by Crippen LogP contribution is -2.60. The van der Waals surface area contributed by atoms with Crippen LogP contribution in [0.3, 0.4) is 0 Å². The van der Waals surface area contributed by atoms with Gasteiger partial charge in [-0.3, -0.25) is 19.2 Å². The van der Waals surface area contributed by atoms with Gasteiger partial charge >= 0.3 is 5.97 Å². The van der Waals surface area contributed by atoms with Crippen molar-refractivity contribution in [2.24, 2.45) is 5.92 Å². The predicted octanol–water partition coefficient (Wildman–Crippen LogP) is 1.92. The predicted molar refractivity (Wildman–Crippen MR) is 106 cm³/mol. The van der Waals surface area contributed by atoms with E-state index in [9.17, 15) is 28.0 Å². The van der Waals surface area contributed by atoms with Crippen molar-refractivity contribution in [3.63, 3.8) is 0 Å². The van der Waals surface area contributed by atoms with Crippen LogP contribution in [0.5, 0.6) is 5.75 Å². The average Bonchev–Trinajstić information content (AvgIpc) is 2.68. The lowest BCUT2D eigenvalue weighted by Gasteiger charge is -2.44. The van der Waals surface area contributed by atoms with E-state index in [1.165, 1.54) is 17.0 Å². The zero-order chi connectivity index (χ0) is 23.3. The van der Waals surface area contributed by atoms with E-state index in [2.05, 4.69) is 5.32 Å². The van der Waals surface area contributed by atoms with E-state index in [-0.39, 0.29) is 23.7 Å². The highest BCUT2D eigenvalue weighted by Crippen LogP contribution is 2.33. The number of carboxylic acids is 1. The van der Waals surface area contributed by atoms with Crippen molar-refractivity contribution in [2.75, 3.05) is 19.9 Å². The summed E-state index contributed by atoms with van der Waals surface area (Å²) in [5.41, 5.74) is -0.373. The highest BCUT2D eigenvalue weighted by Gasteiger charge is 2.48. The number of carboxylic acid groups (broad SMARTS) is 1. The molecule has 0 bridgehead atoms. The van der Waals surface area contributed by atoms with Gasteiger partial charge in [0.2, 0.25) is 11.8 Å². The number of nitrogens with one attached hydrogen (secondary N) is 1. The molecule has 2 N–H and O–H groups in total. The molecular weight excluding hydrogens is 438 g/mol. The number of Topliss-reactive ketones (excluding diaryl/α,β-unsaturated/α-hetero) is 1. The first-order valence-electron chi connectivity index (χ1n) is 9.41. The Morgan fingerprint density at radius 2 is 1.97 bits per heavy atom. The van der Waals surface area contributed by atoms with Gasteiger partial charge in [0.1, 0.15) is 25.6 Å². The fourth-order valence-corrected chi connectivity index (χ4v) is 3.48. The summed E-state index contributed by atoms with van der Waals surface area (Å²) in [5.74, 6) is -5.18. The maximum Gasteiger partial charge on any atom is 0.322 e. The number of likely N-dealkylation sites (tertiary alicyclic amines) is 1. The molecule has 0 spiro atoms. The maximum atomic E-state index is 13.0. The van der Waals surface area contributed by atoms with Crippen LogP contribution < -0.4 is 10.1 Å². The minimum Gasteiger partial charge on any atom is -0.483 e. The lowest BCUT2D eigenvalue weighted by atomic mass is 9.82. The van der Waals surface area contributed by atoms with Gasteiger partial charge in [0.15, 0.2) is 17.8 Å². The van der Waals surface area contributed by atoms with Crippen molar-refractivity contribution < 1.29 is 37.8 Å². The van der Waals surface area contributed by atoms with Crippen LogP contribution in [0.4, 0.5) is 8.78 Å². The molecule has 1 atom stereocenters. The number of ketones is 1. The van der Waals surface area contributed by atoms with Crippen molar-refractivity contribution in [1.82, 2.24) is 10.2 Å². The van der Waals surface area contributed by atoms with Gasteiger partial charge in [0.05, 0.1) is 5.02 Å². The number of nitrogens with zero attached hydrogens (tertiary/aromatic N) is 1. The van der Waals surface area contributed by atoms with Crippen molar-refractivity contribution in [3.8, 4) is 5.75 Å². The van der Waals surface area contributed by atoms with Gasteiger partial charge in [-0.1, -0.05) is 17.7 Å². The Morgan fingerprint density at radius 1 is 1.32 bits per heavy atom. The highest BCUT2D eigenvalue weighted by atomic mass is 35.5. The monoisotopic (exact) mass is 460 g/mol. The second-order valence-corrected chi connectivity index (χ2v) is 8.14. The Labute approximate surface area is 182 Å². The van der Waals surface area contributed by atoms with E-state index >= 15 is 0 Å². The zero-order valence-corrected chi connectivity index (χ0v) is 17.7. The fourth-order valence-electron chi connectivity index (χ4n) is 3.24. The fraction of sp³-hybridized carbons (Fsp3) is 0.500. The number of ether oxygens (including phenoxy) is 1. The van der Waals surface area contributed by atoms with Crippen molar-refractivity contribution in [2.45, 2.75) is 38.5 Å². The van der Waals surface area contributed by atoms with Crippen LogP contribution in [0, 0.1) is 5.92 Å². The first-order chi connectivity index (χ1) is 14.5. The molecule has 31 heavy (non-hydrogen) atoms. The van der Waals surface area contributed by atoms with E-state index in [0.717, 1.165) is 0 Å². The minimum atomic E-state index is -1.64. The van der Waals surface area contributed by atoms with Crippen LogP contribution in [0.15, 0.2) is 18.2 Å². The number of benzene rings is 1. The Morgan fingerprint density at radius 3 is 2.52 bits per heavy atom. The second kappa shape index (κ2) is 10.0. The third-order valence-corrected chi connectivity index (χ3v) is 5.12. The standard InChI is InChI=1S/C20H23ClF2N2O6/c1-20(2)6-14(26)17(18(29)24-9-16(27)28)19(30)25(20)10-11-3-4-15(13(21)5-11)31-12(7-22)8-23/h3-5,12,17H,6-10H2,1-2H3,(H,24,29)(H,27,28). The van der Waals surface area contributed by atoms with Gasteiger partial charge in [-0.25, -0.2) is 8.78 Å². The summed E-state index contributed by atoms with van der Waals surface area (Å²) in [6.07, 6.45) is -1.38.